The van der Waals surface area contributed by atoms with Crippen molar-refractivity contribution in [2.45, 2.75) is 34.1 Å². The first-order valence-corrected chi connectivity index (χ1v) is 10.7. The molecular formula is C25H30N4O. The fourth-order valence-corrected chi connectivity index (χ4v) is 4.33. The van der Waals surface area contributed by atoms with Gasteiger partial charge in [-0.2, -0.15) is 0 Å². The van der Waals surface area contributed by atoms with Gasteiger partial charge in [0.15, 0.2) is 5.43 Å². The first-order valence-electron chi connectivity index (χ1n) is 10.7. The standard InChI is InChI=1S/C25H30N4O/c1-6-28(7-2)11-10-26-20-8-9-21-24-23(20)25(30)19-13-17(5)18(12-16(3)4)14-22(19)29(24)15-27-21/h8-9,13-15,26H,3,6-7,10-12H2,1-2,4-5H3. The molecule has 0 saturated carbocycles. The van der Waals surface area contributed by atoms with Crippen LogP contribution in [0.5, 0.6) is 0 Å². The van der Waals surface area contributed by atoms with Crippen LogP contribution in [0.1, 0.15) is 31.9 Å². The normalized spacial score (nSPS) is 11.9. The summed E-state index contributed by atoms with van der Waals surface area (Å²) < 4.78 is 2.07. The number of nitrogens with one attached hydrogen (secondary N) is 1. The van der Waals surface area contributed by atoms with Gasteiger partial charge >= 0.3 is 0 Å². The van der Waals surface area contributed by atoms with E-state index < -0.39 is 0 Å². The minimum absolute atomic E-state index is 0.0684. The maximum absolute atomic E-state index is 13.6. The van der Waals surface area contributed by atoms with Crippen LogP contribution < -0.4 is 10.7 Å². The molecule has 0 amide bonds. The van der Waals surface area contributed by atoms with Gasteiger partial charge < -0.3 is 10.2 Å². The highest BCUT2D eigenvalue weighted by Gasteiger charge is 2.17. The summed E-state index contributed by atoms with van der Waals surface area (Å²) >= 11 is 0. The van der Waals surface area contributed by atoms with Gasteiger partial charge in [-0.3, -0.25) is 9.20 Å². The van der Waals surface area contributed by atoms with E-state index in [-0.39, 0.29) is 5.43 Å². The second-order valence-corrected chi connectivity index (χ2v) is 8.18. The number of aryl methyl sites for hydroxylation is 1. The smallest absolute Gasteiger partial charge is 0.199 e. The minimum Gasteiger partial charge on any atom is -0.383 e. The van der Waals surface area contributed by atoms with E-state index in [4.69, 9.17) is 0 Å². The molecule has 4 aromatic rings. The zero-order valence-corrected chi connectivity index (χ0v) is 18.4. The second kappa shape index (κ2) is 8.07. The maximum Gasteiger partial charge on any atom is 0.199 e. The topological polar surface area (TPSA) is 49.6 Å². The van der Waals surface area contributed by atoms with E-state index in [2.05, 4.69) is 53.0 Å². The molecule has 0 aliphatic rings. The number of pyridine rings is 1. The van der Waals surface area contributed by atoms with Gasteiger partial charge in [-0.05, 0) is 68.8 Å². The Bertz CT molecular complexity index is 1280. The van der Waals surface area contributed by atoms with Crippen molar-refractivity contribution >= 4 is 33.0 Å². The monoisotopic (exact) mass is 402 g/mol. The van der Waals surface area contributed by atoms with Crippen LogP contribution in [0.2, 0.25) is 0 Å². The number of rotatable bonds is 8. The van der Waals surface area contributed by atoms with Crippen molar-refractivity contribution in [2.24, 2.45) is 0 Å². The highest BCUT2D eigenvalue weighted by Crippen LogP contribution is 2.30. The van der Waals surface area contributed by atoms with Crippen molar-refractivity contribution in [2.75, 3.05) is 31.5 Å². The van der Waals surface area contributed by atoms with Crippen LogP contribution in [0.4, 0.5) is 5.69 Å². The van der Waals surface area contributed by atoms with Crippen LogP contribution in [0.25, 0.3) is 27.3 Å². The summed E-state index contributed by atoms with van der Waals surface area (Å²) in [5, 5.41) is 4.97. The SMILES string of the molecule is C=C(C)Cc1cc2c(cc1C)c(=O)c1c(NCCN(CC)CC)ccc3ncn2c31. The molecule has 156 valence electrons. The molecule has 0 aliphatic heterocycles. The average molecular weight is 403 g/mol. The summed E-state index contributed by atoms with van der Waals surface area (Å²) in [7, 11) is 0. The third-order valence-electron chi connectivity index (χ3n) is 6.03. The number of likely N-dealkylation sites (N-methyl/N-ethyl adjacent to an activating group) is 1. The molecule has 5 nitrogen and oxygen atoms in total. The second-order valence-electron chi connectivity index (χ2n) is 8.18. The molecule has 0 fully saturated rings. The number of hydrogen-bond acceptors (Lipinski definition) is 4. The number of anilines is 1. The van der Waals surface area contributed by atoms with Crippen LogP contribution in [0, 0.1) is 6.92 Å². The molecule has 2 heterocycles. The highest BCUT2D eigenvalue weighted by atomic mass is 16.1. The Hall–Kier alpha value is -2.92. The Balaban J connectivity index is 1.88. The van der Waals surface area contributed by atoms with Gasteiger partial charge in [0.2, 0.25) is 0 Å². The maximum atomic E-state index is 13.6. The van der Waals surface area contributed by atoms with E-state index in [1.165, 1.54) is 5.56 Å². The summed E-state index contributed by atoms with van der Waals surface area (Å²) in [6.07, 6.45) is 2.64. The Morgan fingerprint density at radius 3 is 2.70 bits per heavy atom. The number of benzene rings is 2. The zero-order chi connectivity index (χ0) is 21.4. The molecule has 0 atom stereocenters. The van der Waals surface area contributed by atoms with Crippen molar-refractivity contribution in [3.63, 3.8) is 0 Å². The summed E-state index contributed by atoms with van der Waals surface area (Å²) in [4.78, 5) is 20.5. The van der Waals surface area contributed by atoms with Crippen molar-refractivity contribution in [3.8, 4) is 0 Å². The number of nitrogens with zero attached hydrogens (tertiary/aromatic N) is 3. The lowest BCUT2D eigenvalue weighted by Gasteiger charge is -2.19. The molecular weight excluding hydrogens is 372 g/mol. The van der Waals surface area contributed by atoms with Gasteiger partial charge in [0, 0.05) is 24.2 Å². The lowest BCUT2D eigenvalue weighted by Crippen LogP contribution is -2.28. The number of allylic oxidation sites excluding steroid dienone is 1. The molecule has 2 aromatic carbocycles. The highest BCUT2D eigenvalue weighted by molar-refractivity contribution is 6.07. The van der Waals surface area contributed by atoms with Crippen molar-refractivity contribution in [3.05, 3.63) is 64.1 Å². The van der Waals surface area contributed by atoms with Crippen LogP contribution in [-0.2, 0) is 6.42 Å². The predicted octanol–water partition coefficient (Wildman–Crippen LogP) is 4.62. The Kier molecular flexibility index (Phi) is 5.48. The lowest BCUT2D eigenvalue weighted by atomic mass is 9.98. The first-order chi connectivity index (χ1) is 14.4. The number of imidazole rings is 1. The fraction of sp³-hybridized carbons (Fsp3) is 0.360. The summed E-state index contributed by atoms with van der Waals surface area (Å²) in [5.41, 5.74) is 7.04. The molecule has 0 saturated heterocycles. The molecule has 0 unspecified atom stereocenters. The molecule has 2 aromatic heterocycles. The summed E-state index contributed by atoms with van der Waals surface area (Å²) in [6, 6.07) is 8.14. The first kappa shape index (κ1) is 20.4. The quantitative estimate of drug-likeness (QED) is 0.345. The Morgan fingerprint density at radius 2 is 2.00 bits per heavy atom. The van der Waals surface area contributed by atoms with E-state index in [1.807, 2.05) is 31.5 Å². The van der Waals surface area contributed by atoms with Crippen molar-refractivity contribution < 1.29 is 0 Å². The summed E-state index contributed by atoms with van der Waals surface area (Å²) in [5.74, 6) is 0. The molecule has 4 rings (SSSR count). The largest absolute Gasteiger partial charge is 0.383 e. The van der Waals surface area contributed by atoms with Crippen LogP contribution in [0.3, 0.4) is 0 Å². The Labute approximate surface area is 177 Å². The van der Waals surface area contributed by atoms with Gasteiger partial charge in [-0.25, -0.2) is 4.98 Å². The van der Waals surface area contributed by atoms with Crippen molar-refractivity contribution in [1.82, 2.24) is 14.3 Å². The van der Waals surface area contributed by atoms with E-state index in [0.29, 0.717) is 0 Å². The van der Waals surface area contributed by atoms with Gasteiger partial charge in [0.1, 0.15) is 6.33 Å². The van der Waals surface area contributed by atoms with E-state index in [0.717, 1.165) is 76.7 Å². The molecule has 0 spiro atoms. The molecule has 0 aliphatic carbocycles. The third kappa shape index (κ3) is 3.43. The van der Waals surface area contributed by atoms with Crippen LogP contribution in [0.15, 0.2) is 47.5 Å². The van der Waals surface area contributed by atoms with E-state index in [1.54, 1.807) is 0 Å². The van der Waals surface area contributed by atoms with E-state index >= 15 is 0 Å². The van der Waals surface area contributed by atoms with E-state index in [9.17, 15) is 4.79 Å². The van der Waals surface area contributed by atoms with Gasteiger partial charge in [0.05, 0.1) is 21.9 Å². The van der Waals surface area contributed by atoms with Gasteiger partial charge in [-0.15, -0.1) is 0 Å². The average Bonchev–Trinajstić information content (AvgIpc) is 3.15. The minimum atomic E-state index is 0.0684. The zero-order valence-electron chi connectivity index (χ0n) is 18.4. The fourth-order valence-electron chi connectivity index (χ4n) is 4.33. The molecule has 0 bridgehead atoms. The molecule has 0 radical (unpaired) electrons. The van der Waals surface area contributed by atoms with Gasteiger partial charge in [0.25, 0.3) is 0 Å². The van der Waals surface area contributed by atoms with Gasteiger partial charge in [-0.1, -0.05) is 26.0 Å². The number of aromatic nitrogens is 2. The molecule has 5 heteroatoms. The molecule has 30 heavy (non-hydrogen) atoms. The Morgan fingerprint density at radius 1 is 1.23 bits per heavy atom. The third-order valence-corrected chi connectivity index (χ3v) is 6.03. The van der Waals surface area contributed by atoms with Crippen molar-refractivity contribution in [1.29, 1.82) is 0 Å². The number of hydrogen-bond donors (Lipinski definition) is 1. The summed E-state index contributed by atoms with van der Waals surface area (Å²) in [6.45, 7) is 16.3. The molecule has 1 N–H and O–H groups in total. The lowest BCUT2D eigenvalue weighted by molar-refractivity contribution is 0.316. The number of fused-ring (bicyclic) bond motifs is 2. The van der Waals surface area contributed by atoms with Crippen LogP contribution >= 0.6 is 0 Å². The predicted molar refractivity (Wildman–Crippen MR) is 127 cm³/mol. The van der Waals surface area contributed by atoms with Crippen LogP contribution in [-0.4, -0.2) is 40.5 Å².